The second-order valence-electron chi connectivity index (χ2n) is 7.26. The van der Waals surface area contributed by atoms with Gasteiger partial charge in [-0.05, 0) is 80.3 Å². The summed E-state index contributed by atoms with van der Waals surface area (Å²) in [6.07, 6.45) is 3.25. The fourth-order valence-corrected chi connectivity index (χ4v) is 4.00. The number of hydrogen-bond donors (Lipinski definition) is 2. The van der Waals surface area contributed by atoms with Gasteiger partial charge >= 0.3 is 0 Å². The Morgan fingerprint density at radius 2 is 1.29 bits per heavy atom. The average molecular weight is 384 g/mol. The van der Waals surface area contributed by atoms with Crippen molar-refractivity contribution in [2.24, 2.45) is 0 Å². The van der Waals surface area contributed by atoms with E-state index in [1.807, 2.05) is 43.0 Å². The molecule has 28 heavy (non-hydrogen) atoms. The lowest BCUT2D eigenvalue weighted by atomic mass is 9.77. The minimum atomic E-state index is 0.215. The summed E-state index contributed by atoms with van der Waals surface area (Å²) in [5.74, 6) is 1.28. The summed E-state index contributed by atoms with van der Waals surface area (Å²) in [6, 6.07) is 14.9. The fourth-order valence-electron chi connectivity index (χ4n) is 4.00. The molecule has 0 aromatic heterocycles. The van der Waals surface area contributed by atoms with Crippen LogP contribution >= 0.6 is 0 Å². The van der Waals surface area contributed by atoms with Gasteiger partial charge in [0.1, 0.15) is 11.5 Å². The Bertz CT molecular complexity index is 721. The second-order valence-corrected chi connectivity index (χ2v) is 7.26. The van der Waals surface area contributed by atoms with E-state index >= 15 is 0 Å². The number of benzene rings is 2. The third-order valence-corrected chi connectivity index (χ3v) is 5.59. The Morgan fingerprint density at radius 1 is 0.821 bits per heavy atom. The Labute approximate surface area is 168 Å². The van der Waals surface area contributed by atoms with Crippen molar-refractivity contribution in [2.75, 3.05) is 13.1 Å². The van der Waals surface area contributed by atoms with E-state index in [4.69, 9.17) is 0 Å². The molecular formula is C24H33NO3. The quantitative estimate of drug-likeness (QED) is 0.576. The van der Waals surface area contributed by atoms with Crippen LogP contribution in [0, 0.1) is 0 Å². The van der Waals surface area contributed by atoms with Crippen LogP contribution in [0.3, 0.4) is 0 Å². The zero-order valence-electron chi connectivity index (χ0n) is 17.3. The van der Waals surface area contributed by atoms with Crippen molar-refractivity contribution < 1.29 is 15.0 Å². The molecule has 0 bridgehead atoms. The van der Waals surface area contributed by atoms with E-state index in [0.29, 0.717) is 6.42 Å². The van der Waals surface area contributed by atoms with Crippen molar-refractivity contribution in [2.45, 2.75) is 58.3 Å². The summed E-state index contributed by atoms with van der Waals surface area (Å²) in [6.45, 7) is 7.70. The number of phenols is 2. The Morgan fingerprint density at radius 3 is 1.71 bits per heavy atom. The standard InChI is InChI=1S/C24H33NO3/c1-4-22(18-10-14-20(26)15-11-18)23(19-12-16-21(27)17-13-19)8-7-9-24(28)25(5-2)6-3/h10-17,22-23,26-27H,4-9H2,1-3H3/t22-,23+/m0/s1. The maximum Gasteiger partial charge on any atom is 0.222 e. The molecule has 0 saturated carbocycles. The average Bonchev–Trinajstić information content (AvgIpc) is 2.70. The Balaban J connectivity index is 2.20. The van der Waals surface area contributed by atoms with E-state index in [2.05, 4.69) is 6.92 Å². The van der Waals surface area contributed by atoms with Crippen molar-refractivity contribution in [3.63, 3.8) is 0 Å². The fraction of sp³-hybridized carbons (Fsp3) is 0.458. The number of rotatable bonds is 10. The predicted molar refractivity (Wildman–Crippen MR) is 114 cm³/mol. The van der Waals surface area contributed by atoms with Crippen LogP contribution < -0.4 is 0 Å². The SMILES string of the molecule is CC[C@@H](c1ccc(O)cc1)[C@H](CCCC(=O)N(CC)CC)c1ccc(O)cc1. The number of amides is 1. The zero-order chi connectivity index (χ0) is 20.5. The summed E-state index contributed by atoms with van der Waals surface area (Å²) >= 11 is 0. The molecule has 0 radical (unpaired) electrons. The molecule has 4 heteroatoms. The van der Waals surface area contributed by atoms with E-state index in [0.717, 1.165) is 32.4 Å². The molecule has 2 aromatic rings. The highest BCUT2D eigenvalue weighted by Crippen LogP contribution is 2.40. The van der Waals surface area contributed by atoms with Gasteiger partial charge in [0.25, 0.3) is 0 Å². The number of nitrogens with zero attached hydrogens (tertiary/aromatic N) is 1. The molecule has 152 valence electrons. The monoisotopic (exact) mass is 383 g/mol. The largest absolute Gasteiger partial charge is 0.508 e. The molecule has 0 aliphatic carbocycles. The number of hydrogen-bond acceptors (Lipinski definition) is 3. The van der Waals surface area contributed by atoms with Gasteiger partial charge in [0, 0.05) is 19.5 Å². The lowest BCUT2D eigenvalue weighted by Crippen LogP contribution is -2.30. The lowest BCUT2D eigenvalue weighted by molar-refractivity contribution is -0.130. The molecule has 0 saturated heterocycles. The molecule has 0 aliphatic heterocycles. The zero-order valence-corrected chi connectivity index (χ0v) is 17.3. The smallest absolute Gasteiger partial charge is 0.222 e. The van der Waals surface area contributed by atoms with E-state index in [1.165, 1.54) is 11.1 Å². The normalized spacial score (nSPS) is 13.1. The van der Waals surface area contributed by atoms with Gasteiger partial charge in [-0.1, -0.05) is 31.2 Å². The van der Waals surface area contributed by atoms with Gasteiger partial charge in [-0.25, -0.2) is 0 Å². The molecule has 0 aliphatic rings. The molecule has 2 atom stereocenters. The first-order chi connectivity index (χ1) is 13.5. The third kappa shape index (κ3) is 5.75. The molecule has 4 nitrogen and oxygen atoms in total. The summed E-state index contributed by atoms with van der Waals surface area (Å²) in [5.41, 5.74) is 2.36. The summed E-state index contributed by atoms with van der Waals surface area (Å²) in [4.78, 5) is 14.3. The number of carbonyl (C=O) groups excluding carboxylic acids is 1. The molecule has 0 fully saturated rings. The van der Waals surface area contributed by atoms with Gasteiger partial charge in [-0.2, -0.15) is 0 Å². The Kier molecular flexibility index (Phi) is 8.37. The third-order valence-electron chi connectivity index (χ3n) is 5.59. The van der Waals surface area contributed by atoms with Crippen LogP contribution in [0.25, 0.3) is 0 Å². The summed E-state index contributed by atoms with van der Waals surface area (Å²) in [5, 5.41) is 19.3. The number of aromatic hydroxyl groups is 2. The maximum atomic E-state index is 12.4. The minimum Gasteiger partial charge on any atom is -0.508 e. The van der Waals surface area contributed by atoms with E-state index < -0.39 is 0 Å². The van der Waals surface area contributed by atoms with Crippen LogP contribution in [0.2, 0.25) is 0 Å². The van der Waals surface area contributed by atoms with Gasteiger partial charge in [0.05, 0.1) is 0 Å². The number of carbonyl (C=O) groups is 1. The van der Waals surface area contributed by atoms with Crippen molar-refractivity contribution in [3.05, 3.63) is 59.7 Å². The van der Waals surface area contributed by atoms with Crippen LogP contribution in [0.4, 0.5) is 0 Å². The van der Waals surface area contributed by atoms with E-state index in [-0.39, 0.29) is 29.2 Å². The molecule has 0 heterocycles. The van der Waals surface area contributed by atoms with Gasteiger partial charge in [-0.3, -0.25) is 4.79 Å². The number of phenolic OH excluding ortho intramolecular Hbond substituents is 2. The first-order valence-electron chi connectivity index (χ1n) is 10.4. The van der Waals surface area contributed by atoms with Crippen molar-refractivity contribution in [3.8, 4) is 11.5 Å². The maximum absolute atomic E-state index is 12.4. The highest BCUT2D eigenvalue weighted by Gasteiger charge is 2.24. The highest BCUT2D eigenvalue weighted by atomic mass is 16.3. The minimum absolute atomic E-state index is 0.215. The van der Waals surface area contributed by atoms with Crippen LogP contribution in [0.15, 0.2) is 48.5 Å². The molecule has 2 N–H and O–H groups in total. The van der Waals surface area contributed by atoms with E-state index in [9.17, 15) is 15.0 Å². The van der Waals surface area contributed by atoms with Gasteiger partial charge < -0.3 is 15.1 Å². The van der Waals surface area contributed by atoms with Gasteiger partial charge in [-0.15, -0.1) is 0 Å². The van der Waals surface area contributed by atoms with Gasteiger partial charge in [0.2, 0.25) is 5.91 Å². The predicted octanol–water partition coefficient (Wildman–Crippen LogP) is 5.41. The molecule has 0 unspecified atom stereocenters. The topological polar surface area (TPSA) is 60.8 Å². The highest BCUT2D eigenvalue weighted by molar-refractivity contribution is 5.76. The van der Waals surface area contributed by atoms with Crippen molar-refractivity contribution in [1.82, 2.24) is 4.90 Å². The van der Waals surface area contributed by atoms with E-state index in [1.54, 1.807) is 24.3 Å². The van der Waals surface area contributed by atoms with Crippen LogP contribution in [0.1, 0.15) is 69.4 Å². The summed E-state index contributed by atoms with van der Waals surface area (Å²) in [7, 11) is 0. The molecule has 0 spiro atoms. The molecular weight excluding hydrogens is 350 g/mol. The van der Waals surface area contributed by atoms with Crippen LogP contribution in [-0.4, -0.2) is 34.1 Å². The lowest BCUT2D eigenvalue weighted by Gasteiger charge is -2.28. The van der Waals surface area contributed by atoms with Crippen molar-refractivity contribution >= 4 is 5.91 Å². The first-order valence-corrected chi connectivity index (χ1v) is 10.4. The van der Waals surface area contributed by atoms with Crippen LogP contribution in [0.5, 0.6) is 11.5 Å². The molecule has 2 aromatic carbocycles. The molecule has 1 amide bonds. The molecule has 2 rings (SSSR count). The second kappa shape index (κ2) is 10.7. The van der Waals surface area contributed by atoms with Crippen molar-refractivity contribution in [1.29, 1.82) is 0 Å². The first kappa shape index (κ1) is 21.8. The van der Waals surface area contributed by atoms with Crippen LogP contribution in [-0.2, 0) is 4.79 Å². The Hall–Kier alpha value is -2.49. The summed E-state index contributed by atoms with van der Waals surface area (Å²) < 4.78 is 0. The van der Waals surface area contributed by atoms with Gasteiger partial charge in [0.15, 0.2) is 0 Å².